The maximum absolute atomic E-state index is 11.5. The molecule has 4 N–H and O–H groups in total. The van der Waals surface area contributed by atoms with Crippen LogP contribution in [0.5, 0.6) is 0 Å². The molecule has 0 heterocycles. The van der Waals surface area contributed by atoms with Crippen LogP contribution in [0, 0.1) is 52.8 Å². The van der Waals surface area contributed by atoms with Crippen LogP contribution in [-0.4, -0.2) is 48.8 Å². The molecule has 318 valence electrons. The molecule has 0 aliphatic heterocycles. The molecule has 0 aromatic heterocycles. The van der Waals surface area contributed by atoms with Gasteiger partial charge in [-0.05, 0) is 75.0 Å². The van der Waals surface area contributed by atoms with Crippen molar-refractivity contribution < 1.29 is 19.2 Å². The van der Waals surface area contributed by atoms with Crippen LogP contribution >= 0.6 is 0 Å². The van der Waals surface area contributed by atoms with Crippen molar-refractivity contribution in [2.45, 2.75) is 184 Å². The lowest BCUT2D eigenvalue weighted by Crippen LogP contribution is -2.45. The van der Waals surface area contributed by atoms with Crippen LogP contribution in [0.15, 0.2) is 12.2 Å². The van der Waals surface area contributed by atoms with Crippen LogP contribution in [0.3, 0.4) is 0 Å². The molecular formula is C45H94N4O4. The van der Waals surface area contributed by atoms with Gasteiger partial charge in [0, 0.05) is 48.8 Å². The zero-order valence-corrected chi connectivity index (χ0v) is 38.1. The van der Waals surface area contributed by atoms with E-state index in [-0.39, 0.29) is 65.7 Å². The molecule has 0 atom stereocenters. The molecule has 0 aliphatic carbocycles. The summed E-state index contributed by atoms with van der Waals surface area (Å²) in [5.41, 5.74) is 0.143. The standard InChI is InChI=1S/2C12H25NO.C10H21NO.C10H19NO.CH4/c1-9(2)7-12(5,6)8-13-11(14)10(3)4;1-9(2)7-8-12(5,6)13-11(14)10(3)4;2*1-8(2)6-5-7-11-10(12)9(3)4;/h2*9-10H,7-8H2,1-6H3,(H,13,14);8-9H,5-7H2,1-4H3,(H,11,12);5-6,8-9H,7H2,1-4H3,(H,11,12);1H4/b;;;6-5+;. The average Bonchev–Trinajstić information content (AvgIpc) is 2.98. The van der Waals surface area contributed by atoms with Crippen LogP contribution in [0.4, 0.5) is 0 Å². The molecule has 0 fully saturated rings. The van der Waals surface area contributed by atoms with E-state index in [4.69, 9.17) is 0 Å². The Kier molecular flexibility index (Phi) is 37.3. The van der Waals surface area contributed by atoms with Crippen LogP contribution in [0.25, 0.3) is 0 Å². The molecule has 0 saturated carbocycles. The van der Waals surface area contributed by atoms with E-state index < -0.39 is 0 Å². The topological polar surface area (TPSA) is 116 Å². The largest absolute Gasteiger partial charge is 0.356 e. The highest BCUT2D eigenvalue weighted by atomic mass is 16.2. The third kappa shape index (κ3) is 45.7. The van der Waals surface area contributed by atoms with Crippen LogP contribution in [0.2, 0.25) is 0 Å². The minimum Gasteiger partial charge on any atom is -0.356 e. The average molecular weight is 755 g/mol. The lowest BCUT2D eigenvalue weighted by atomic mass is 9.84. The predicted molar refractivity (Wildman–Crippen MR) is 233 cm³/mol. The number of amides is 4. The second-order valence-corrected chi connectivity index (χ2v) is 18.6. The van der Waals surface area contributed by atoms with Crippen molar-refractivity contribution in [3.63, 3.8) is 0 Å². The Bertz CT molecular complexity index is 962. The van der Waals surface area contributed by atoms with Gasteiger partial charge < -0.3 is 21.3 Å². The highest BCUT2D eigenvalue weighted by molar-refractivity contribution is 5.79. The molecule has 8 nitrogen and oxygen atoms in total. The van der Waals surface area contributed by atoms with E-state index >= 15 is 0 Å². The third-order valence-electron chi connectivity index (χ3n) is 7.78. The number of nitrogens with one attached hydrogen (secondary N) is 4. The lowest BCUT2D eigenvalue weighted by molar-refractivity contribution is -0.126. The molecule has 0 aromatic rings. The van der Waals surface area contributed by atoms with Gasteiger partial charge >= 0.3 is 0 Å². The summed E-state index contributed by atoms with van der Waals surface area (Å²) in [6.45, 7) is 43.6. The molecule has 0 aromatic carbocycles. The third-order valence-corrected chi connectivity index (χ3v) is 7.78. The maximum atomic E-state index is 11.5. The number of allylic oxidation sites excluding steroid dienone is 1. The molecule has 0 spiro atoms. The van der Waals surface area contributed by atoms with E-state index in [9.17, 15) is 19.2 Å². The summed E-state index contributed by atoms with van der Waals surface area (Å²) in [5.74, 6) is 3.62. The summed E-state index contributed by atoms with van der Waals surface area (Å²) in [6.07, 6.45) is 9.71. The second kappa shape index (κ2) is 33.0. The van der Waals surface area contributed by atoms with Gasteiger partial charge in [-0.1, -0.05) is 144 Å². The molecule has 4 amide bonds. The van der Waals surface area contributed by atoms with Crippen molar-refractivity contribution >= 4 is 23.6 Å². The molecule has 0 aliphatic rings. The summed E-state index contributed by atoms with van der Waals surface area (Å²) < 4.78 is 0. The van der Waals surface area contributed by atoms with E-state index in [1.165, 1.54) is 6.42 Å². The second-order valence-electron chi connectivity index (χ2n) is 18.6. The summed E-state index contributed by atoms with van der Waals surface area (Å²) in [7, 11) is 0. The molecule has 0 bridgehead atoms. The van der Waals surface area contributed by atoms with Gasteiger partial charge in [0.25, 0.3) is 0 Å². The predicted octanol–water partition coefficient (Wildman–Crippen LogP) is 10.6. The van der Waals surface area contributed by atoms with Crippen LogP contribution in [-0.2, 0) is 19.2 Å². The van der Waals surface area contributed by atoms with Gasteiger partial charge in [0.2, 0.25) is 23.6 Å². The molecule has 8 heteroatoms. The fourth-order valence-corrected chi connectivity index (χ4v) is 4.53. The summed E-state index contributed by atoms with van der Waals surface area (Å²) >= 11 is 0. The van der Waals surface area contributed by atoms with Gasteiger partial charge in [-0.25, -0.2) is 0 Å². The first-order chi connectivity index (χ1) is 23.6. The first-order valence-corrected chi connectivity index (χ1v) is 20.4. The Morgan fingerprint density at radius 2 is 0.962 bits per heavy atom. The van der Waals surface area contributed by atoms with Crippen molar-refractivity contribution in [3.8, 4) is 0 Å². The Morgan fingerprint density at radius 1 is 0.547 bits per heavy atom. The number of carbonyl (C=O) groups excluding carboxylic acids is 4. The monoisotopic (exact) mass is 755 g/mol. The highest BCUT2D eigenvalue weighted by Gasteiger charge is 2.22. The Labute approximate surface area is 331 Å². The van der Waals surface area contributed by atoms with Crippen LogP contribution in [0.1, 0.15) is 178 Å². The SMILES string of the molecule is C.CC(C)/C=C/CNC(=O)C(C)C.CC(C)CC(C)(C)CNC(=O)C(C)C.CC(C)CCC(C)(C)NC(=O)C(C)C.CC(C)CCCNC(=O)C(C)C. The summed E-state index contributed by atoms with van der Waals surface area (Å²) in [4.78, 5) is 45.0. The van der Waals surface area contributed by atoms with E-state index in [2.05, 4.69) is 110 Å². The fourth-order valence-electron chi connectivity index (χ4n) is 4.53. The summed E-state index contributed by atoms with van der Waals surface area (Å²) in [5, 5.41) is 11.8. The first kappa shape index (κ1) is 59.9. The van der Waals surface area contributed by atoms with Gasteiger partial charge in [-0.2, -0.15) is 0 Å². The zero-order chi connectivity index (χ0) is 41.8. The molecule has 0 radical (unpaired) electrons. The Hall–Kier alpha value is -2.38. The summed E-state index contributed by atoms with van der Waals surface area (Å²) in [6, 6.07) is 0. The Balaban J connectivity index is -0.000000193. The van der Waals surface area contributed by atoms with Crippen molar-refractivity contribution in [3.05, 3.63) is 12.2 Å². The fraction of sp³-hybridized carbons (Fsp3) is 0.867. The number of rotatable bonds is 19. The van der Waals surface area contributed by atoms with Crippen LogP contribution < -0.4 is 21.3 Å². The highest BCUT2D eigenvalue weighted by Crippen LogP contribution is 2.24. The van der Waals surface area contributed by atoms with E-state index in [1.807, 2.05) is 61.5 Å². The van der Waals surface area contributed by atoms with E-state index in [1.54, 1.807) is 0 Å². The van der Waals surface area contributed by atoms with Crippen molar-refractivity contribution in [2.24, 2.45) is 52.8 Å². The van der Waals surface area contributed by atoms with Gasteiger partial charge in [0.1, 0.15) is 0 Å². The van der Waals surface area contributed by atoms with Crippen molar-refractivity contribution in [1.29, 1.82) is 0 Å². The van der Waals surface area contributed by atoms with Crippen molar-refractivity contribution in [1.82, 2.24) is 21.3 Å². The maximum Gasteiger partial charge on any atom is 0.222 e. The zero-order valence-electron chi connectivity index (χ0n) is 38.1. The molecular weight excluding hydrogens is 661 g/mol. The lowest BCUT2D eigenvalue weighted by Gasteiger charge is -2.28. The first-order valence-electron chi connectivity index (χ1n) is 20.4. The van der Waals surface area contributed by atoms with E-state index in [0.29, 0.717) is 24.3 Å². The van der Waals surface area contributed by atoms with Gasteiger partial charge in [0.15, 0.2) is 0 Å². The smallest absolute Gasteiger partial charge is 0.222 e. The van der Waals surface area contributed by atoms with Gasteiger partial charge in [-0.15, -0.1) is 0 Å². The quantitative estimate of drug-likeness (QED) is 0.0776. The van der Waals surface area contributed by atoms with Gasteiger partial charge in [-0.3, -0.25) is 19.2 Å². The number of hydrogen-bond donors (Lipinski definition) is 4. The normalized spacial score (nSPS) is 11.5. The minimum atomic E-state index is -0.0639. The van der Waals surface area contributed by atoms with Gasteiger partial charge in [0.05, 0.1) is 0 Å². The number of carbonyl (C=O) groups is 4. The molecule has 53 heavy (non-hydrogen) atoms. The molecule has 0 saturated heterocycles. The Morgan fingerprint density at radius 3 is 1.34 bits per heavy atom. The van der Waals surface area contributed by atoms with Crippen molar-refractivity contribution in [2.75, 3.05) is 19.6 Å². The number of hydrogen-bond acceptors (Lipinski definition) is 4. The molecule has 0 unspecified atom stereocenters. The minimum absolute atomic E-state index is 0. The van der Waals surface area contributed by atoms with E-state index in [0.717, 1.165) is 44.7 Å². The molecule has 0 rings (SSSR count).